The summed E-state index contributed by atoms with van der Waals surface area (Å²) in [5.41, 5.74) is 0. The van der Waals surface area contributed by atoms with Gasteiger partial charge >= 0.3 is 129 Å². The molecule has 2 atom stereocenters. The molecule has 0 aromatic rings. The molecule has 6 heteroatoms. The summed E-state index contributed by atoms with van der Waals surface area (Å²) in [4.78, 5) is 0. The molecular formula is C13H26F2INOS. The van der Waals surface area contributed by atoms with Gasteiger partial charge in [-0.3, -0.25) is 0 Å². The van der Waals surface area contributed by atoms with Gasteiger partial charge in [0.1, 0.15) is 0 Å². The molecule has 1 saturated heterocycles. The molecule has 1 rings (SSSR count). The molecule has 0 saturated carbocycles. The zero-order valence-corrected chi connectivity index (χ0v) is 14.9. The number of nitrogens with one attached hydrogen (secondary N) is 1. The van der Waals surface area contributed by atoms with Gasteiger partial charge in [-0.25, -0.2) is 0 Å². The summed E-state index contributed by atoms with van der Waals surface area (Å²) in [6.07, 6.45) is 4.81. The Balaban J connectivity index is 2.21. The van der Waals surface area contributed by atoms with Gasteiger partial charge in [0.2, 0.25) is 0 Å². The minimum absolute atomic E-state index is 0.142. The molecule has 19 heavy (non-hydrogen) atoms. The van der Waals surface area contributed by atoms with Crippen molar-refractivity contribution in [1.82, 2.24) is 4.72 Å². The second kappa shape index (κ2) is 9.73. The van der Waals surface area contributed by atoms with Crippen LogP contribution in [0.3, 0.4) is 0 Å². The minimum atomic E-state index is -2.67. The number of rotatable bonds is 9. The Morgan fingerprint density at radius 1 is 1.47 bits per heavy atom. The molecular weight excluding hydrogens is 383 g/mol. The second-order valence-electron chi connectivity index (χ2n) is 5.05. The number of unbranched alkanes of at least 4 members (excludes halogenated alkanes) is 1. The topological polar surface area (TPSA) is 21.3 Å². The molecule has 0 unspecified atom stereocenters. The van der Waals surface area contributed by atoms with Crippen LogP contribution in [-0.4, -0.2) is 29.1 Å². The van der Waals surface area contributed by atoms with Crippen molar-refractivity contribution in [2.24, 2.45) is 0 Å². The summed E-state index contributed by atoms with van der Waals surface area (Å²) in [6, 6.07) is -0.769. The Hall–Kier alpha value is 0.860. The Labute approximate surface area is 128 Å². The van der Waals surface area contributed by atoms with Gasteiger partial charge in [-0.2, -0.15) is 0 Å². The monoisotopic (exact) mass is 409 g/mol. The van der Waals surface area contributed by atoms with Crippen molar-refractivity contribution < 1.29 is 13.5 Å². The molecule has 2 nitrogen and oxygen atoms in total. The van der Waals surface area contributed by atoms with E-state index in [0.717, 1.165) is 19.3 Å². The number of hydrogen-bond acceptors (Lipinski definition) is 3. The fourth-order valence-corrected chi connectivity index (χ4v) is 6.84. The van der Waals surface area contributed by atoms with Crippen molar-refractivity contribution >= 4 is 28.9 Å². The van der Waals surface area contributed by atoms with E-state index in [9.17, 15) is 8.78 Å². The predicted octanol–water partition coefficient (Wildman–Crippen LogP) is 4.63. The quantitative estimate of drug-likeness (QED) is 0.260. The molecule has 116 valence electrons. The van der Waals surface area contributed by atoms with Crippen molar-refractivity contribution in [2.45, 2.75) is 70.4 Å². The normalized spacial score (nSPS) is 22.6. The third kappa shape index (κ3) is 7.43. The van der Waals surface area contributed by atoms with Crippen LogP contribution >= 0.6 is 28.9 Å². The van der Waals surface area contributed by atoms with Crippen LogP contribution < -0.4 is 4.72 Å². The van der Waals surface area contributed by atoms with Crippen LogP contribution in [0.4, 0.5) is 8.78 Å². The summed E-state index contributed by atoms with van der Waals surface area (Å²) in [5, 5.41) is 0. The fraction of sp³-hybridized carbons (Fsp3) is 1.00. The molecule has 0 amide bonds. The second-order valence-corrected chi connectivity index (χ2v) is 10.3. The van der Waals surface area contributed by atoms with Crippen LogP contribution in [0, 0.1) is 0 Å². The van der Waals surface area contributed by atoms with Crippen molar-refractivity contribution in [1.29, 1.82) is 0 Å². The third-order valence-corrected chi connectivity index (χ3v) is 8.09. The summed E-state index contributed by atoms with van der Waals surface area (Å²) < 4.78 is 37.6. The zero-order valence-electron chi connectivity index (χ0n) is 11.8. The third-order valence-electron chi connectivity index (χ3n) is 3.27. The van der Waals surface area contributed by atoms with E-state index in [2.05, 4.69) is 11.6 Å². The molecule has 0 aromatic carbocycles. The van der Waals surface area contributed by atoms with Gasteiger partial charge in [0.05, 0.1) is 0 Å². The van der Waals surface area contributed by atoms with E-state index in [1.54, 1.807) is 16.0 Å². The Bertz CT molecular complexity index is 241. The first-order valence-electron chi connectivity index (χ1n) is 7.09. The van der Waals surface area contributed by atoms with Gasteiger partial charge in [0.25, 0.3) is 0 Å². The number of alkyl halides is 3. The molecule has 1 fully saturated rings. The van der Waals surface area contributed by atoms with E-state index in [4.69, 9.17) is 4.74 Å². The molecule has 1 heterocycles. The van der Waals surface area contributed by atoms with Crippen molar-refractivity contribution in [3.63, 3.8) is 0 Å². The predicted molar refractivity (Wildman–Crippen MR) is 88.5 cm³/mol. The van der Waals surface area contributed by atoms with E-state index in [1.165, 1.54) is 17.3 Å². The van der Waals surface area contributed by atoms with Crippen molar-refractivity contribution in [3.8, 4) is 0 Å². The molecule has 1 aliphatic rings. The summed E-state index contributed by atoms with van der Waals surface area (Å²) in [5.74, 6) is -2.67. The molecule has 1 N–H and O–H groups in total. The molecule has 0 spiro atoms. The van der Waals surface area contributed by atoms with Crippen LogP contribution in [0.2, 0.25) is 0 Å². The summed E-state index contributed by atoms with van der Waals surface area (Å²) >= 11 is -0.214. The Morgan fingerprint density at radius 2 is 2.26 bits per heavy atom. The van der Waals surface area contributed by atoms with Crippen LogP contribution in [0.1, 0.15) is 52.4 Å². The Morgan fingerprint density at radius 3 is 2.89 bits per heavy atom. The van der Waals surface area contributed by atoms with Gasteiger partial charge in [-0.1, -0.05) is 0 Å². The molecule has 0 aliphatic carbocycles. The maximum absolute atomic E-state index is 14.0. The fourth-order valence-electron chi connectivity index (χ4n) is 1.89. The average molecular weight is 409 g/mol. The molecule has 0 bridgehead atoms. The van der Waals surface area contributed by atoms with Gasteiger partial charge in [0.15, 0.2) is 0 Å². The molecule has 0 radical (unpaired) electrons. The van der Waals surface area contributed by atoms with Crippen molar-refractivity contribution in [2.75, 3.05) is 11.0 Å². The first kappa shape index (κ1) is 17.9. The first-order valence-corrected chi connectivity index (χ1v) is 12.3. The molecule has 1 aliphatic heterocycles. The van der Waals surface area contributed by atoms with E-state index in [-0.39, 0.29) is 32.3 Å². The van der Waals surface area contributed by atoms with Gasteiger partial charge in [-0.15, -0.1) is 0 Å². The standard InChI is InChI=1S/C13H26F2INOS/c1-3-4-8-16-19-17-11(2)13(14,15)10-12-7-5-6-9-18-12/h11-12,16-17H,3-10H2,1-2H3/t11-,12+/m0/s1. The first-order chi connectivity index (χ1) is 9.06. The van der Waals surface area contributed by atoms with Crippen LogP contribution in [0.15, 0.2) is 0 Å². The van der Waals surface area contributed by atoms with Gasteiger partial charge < -0.3 is 0 Å². The van der Waals surface area contributed by atoms with E-state index in [1.807, 2.05) is 0 Å². The van der Waals surface area contributed by atoms with Crippen LogP contribution in [-0.2, 0) is 4.74 Å². The van der Waals surface area contributed by atoms with Crippen LogP contribution in [0.25, 0.3) is 0 Å². The van der Waals surface area contributed by atoms with E-state index in [0.29, 0.717) is 6.61 Å². The van der Waals surface area contributed by atoms with Gasteiger partial charge in [-0.05, 0) is 0 Å². The number of ether oxygens (including phenoxy) is 1. The van der Waals surface area contributed by atoms with E-state index < -0.39 is 12.0 Å². The average Bonchev–Trinajstić information content (AvgIpc) is 2.39. The van der Waals surface area contributed by atoms with Gasteiger partial charge in [0, 0.05) is 0 Å². The Kier molecular flexibility index (Phi) is 9.18. The zero-order chi connectivity index (χ0) is 14.1. The maximum atomic E-state index is 14.0. The van der Waals surface area contributed by atoms with Crippen LogP contribution in [0.5, 0.6) is 0 Å². The summed E-state index contributed by atoms with van der Waals surface area (Å²) in [7, 11) is 1.55. The van der Waals surface area contributed by atoms with Crippen molar-refractivity contribution in [3.05, 3.63) is 0 Å². The summed E-state index contributed by atoms with van der Waals surface area (Å²) in [6.45, 7) is 4.38. The molecule has 0 aromatic heterocycles. The number of halogens is 3. The number of hydrogen-bond donors (Lipinski definition) is 1. The van der Waals surface area contributed by atoms with E-state index >= 15 is 0 Å². The SMILES string of the molecule is CCCC[IH]SN[C@@H](C)C(F)(F)C[C@H]1CCCCO1.